The summed E-state index contributed by atoms with van der Waals surface area (Å²) in [4.78, 5) is 2.22. The van der Waals surface area contributed by atoms with Crippen LogP contribution in [-0.4, -0.2) is 80.5 Å². The SMILES string of the molecule is COCCCN1CCOc2ccc(C(O[C@H]3CNC[C@@H](O[Si](C(C)C)(C(C)C)C(C)C)[C@@H]3c3ccc(CCl)cc3)=S(=O)=O)cc21.Cc1ccccc1. The van der Waals surface area contributed by atoms with Crippen molar-refractivity contribution in [1.29, 1.82) is 0 Å². The van der Waals surface area contributed by atoms with E-state index in [1.165, 1.54) is 5.56 Å². The van der Waals surface area contributed by atoms with E-state index in [-0.39, 0.29) is 17.1 Å². The fourth-order valence-corrected chi connectivity index (χ4v) is 14.2. The number of piperidine rings is 1. The van der Waals surface area contributed by atoms with Crippen LogP contribution in [0.2, 0.25) is 16.6 Å². The predicted octanol–water partition coefficient (Wildman–Crippen LogP) is 8.35. The zero-order chi connectivity index (χ0) is 37.8. The van der Waals surface area contributed by atoms with Crippen LogP contribution in [0, 0.1) is 6.92 Å². The number of nitrogens with zero attached hydrogens (tertiary/aromatic N) is 1. The number of ether oxygens (including phenoxy) is 3. The Morgan fingerprint density at radius 3 is 2.15 bits per heavy atom. The first-order valence-electron chi connectivity index (χ1n) is 18.6. The van der Waals surface area contributed by atoms with Gasteiger partial charge in [-0.25, -0.2) is 0 Å². The molecule has 0 unspecified atom stereocenters. The summed E-state index contributed by atoms with van der Waals surface area (Å²) >= 11 is 6.14. The lowest BCUT2D eigenvalue weighted by Crippen LogP contribution is -2.58. The number of hydrogen-bond donors (Lipinski definition) is 1. The number of fused-ring (bicyclic) bond motifs is 1. The molecule has 11 heteroatoms. The van der Waals surface area contributed by atoms with E-state index in [1.807, 2.05) is 42.5 Å². The van der Waals surface area contributed by atoms with Crippen LogP contribution in [0.4, 0.5) is 5.69 Å². The minimum absolute atomic E-state index is 0.0740. The predicted molar refractivity (Wildman–Crippen MR) is 217 cm³/mol. The molecule has 3 aromatic carbocycles. The zero-order valence-electron chi connectivity index (χ0n) is 32.2. The molecule has 3 aromatic rings. The lowest BCUT2D eigenvalue weighted by atomic mass is 9.85. The third-order valence-electron chi connectivity index (χ3n) is 10.4. The molecule has 286 valence electrons. The van der Waals surface area contributed by atoms with E-state index >= 15 is 0 Å². The van der Waals surface area contributed by atoms with Crippen molar-refractivity contribution in [2.75, 3.05) is 51.4 Å². The Morgan fingerprint density at radius 1 is 0.942 bits per heavy atom. The molecule has 2 aliphatic heterocycles. The van der Waals surface area contributed by atoms with E-state index in [9.17, 15) is 8.42 Å². The van der Waals surface area contributed by atoms with E-state index < -0.39 is 24.7 Å². The van der Waals surface area contributed by atoms with Crippen LogP contribution in [0.15, 0.2) is 72.8 Å². The maximum Gasteiger partial charge on any atom is 0.245 e. The van der Waals surface area contributed by atoms with Crippen LogP contribution in [-0.2, 0) is 30.1 Å². The van der Waals surface area contributed by atoms with E-state index in [0.29, 0.717) is 54.4 Å². The number of rotatable bonds is 13. The Labute approximate surface area is 319 Å². The third-order valence-corrected chi connectivity index (χ3v) is 17.4. The van der Waals surface area contributed by atoms with Gasteiger partial charge >= 0.3 is 0 Å². The van der Waals surface area contributed by atoms with Gasteiger partial charge in [-0.1, -0.05) is 102 Å². The number of aryl methyl sites for hydroxylation is 1. The van der Waals surface area contributed by atoms with Crippen molar-refractivity contribution in [2.24, 2.45) is 0 Å². The Balaban J connectivity index is 0.000000771. The number of nitrogens with one attached hydrogen (secondary N) is 1. The fraction of sp³-hybridized carbons (Fsp3) is 0.537. The number of halogens is 1. The van der Waals surface area contributed by atoms with Gasteiger partial charge in [-0.05, 0) is 59.3 Å². The standard InChI is InChI=1S/C34H51ClN2O6SSi.C7H8/c1-23(2)45(24(3)4,25(5)6)43-32-22-36-21-31(33(32)27-11-9-26(20-35)10-12-27)42-34(44(38)39)28-13-14-30-29(19-28)37(16-18-41-30)15-8-17-40-7;1-7-5-3-2-4-6-7/h9-14,19,23-25,31-33,36H,8,15-18,20-22H2,1-7H3;2-6H,1H3/t31-,32+,33+;/m0./s1. The molecule has 3 atom stereocenters. The monoisotopic (exact) mass is 770 g/mol. The molecule has 0 radical (unpaired) electrons. The minimum Gasteiger partial charge on any atom is -0.490 e. The first-order valence-corrected chi connectivity index (χ1v) is 22.4. The third kappa shape index (κ3) is 10.5. The van der Waals surface area contributed by atoms with Gasteiger partial charge in [0.25, 0.3) is 0 Å². The van der Waals surface area contributed by atoms with E-state index in [1.54, 1.807) is 13.2 Å². The average molecular weight is 772 g/mol. The van der Waals surface area contributed by atoms with Crippen molar-refractivity contribution in [3.05, 3.63) is 95.1 Å². The van der Waals surface area contributed by atoms with Crippen LogP contribution in [0.1, 0.15) is 76.1 Å². The minimum atomic E-state index is -2.62. The van der Waals surface area contributed by atoms with E-state index in [2.05, 4.69) is 82.9 Å². The number of hydrogen-bond acceptors (Lipinski definition) is 8. The second-order valence-electron chi connectivity index (χ2n) is 14.7. The van der Waals surface area contributed by atoms with Crippen LogP contribution >= 0.6 is 11.6 Å². The van der Waals surface area contributed by atoms with Crippen molar-refractivity contribution in [1.82, 2.24) is 5.32 Å². The summed E-state index contributed by atoms with van der Waals surface area (Å²) in [7, 11) is -3.20. The molecule has 0 aromatic heterocycles. The molecule has 52 heavy (non-hydrogen) atoms. The molecule has 1 N–H and O–H groups in total. The zero-order valence-corrected chi connectivity index (χ0v) is 34.8. The van der Waals surface area contributed by atoms with Gasteiger partial charge in [0.1, 0.15) is 12.4 Å². The highest BCUT2D eigenvalue weighted by molar-refractivity contribution is 7.73. The topological polar surface area (TPSA) is 86.3 Å². The second-order valence-corrected chi connectivity index (χ2v) is 21.2. The van der Waals surface area contributed by atoms with E-state index in [0.717, 1.165) is 42.1 Å². The summed E-state index contributed by atoms with van der Waals surface area (Å²) in [5.74, 6) is 0.971. The summed E-state index contributed by atoms with van der Waals surface area (Å²) in [6.07, 6.45) is 0.175. The van der Waals surface area contributed by atoms with Gasteiger partial charge in [0.05, 0.1) is 24.4 Å². The Kier molecular flexibility index (Phi) is 16.3. The maximum absolute atomic E-state index is 12.9. The number of methoxy groups -OCH3 is 1. The number of alkyl halides is 1. The Hall–Kier alpha value is -2.70. The first kappa shape index (κ1) is 42.0. The molecule has 2 heterocycles. The van der Waals surface area contributed by atoms with Gasteiger partial charge in [0.15, 0.2) is 0 Å². The molecule has 2 aliphatic rings. The van der Waals surface area contributed by atoms with Gasteiger partial charge in [-0.15, -0.1) is 11.6 Å². The Morgan fingerprint density at radius 2 is 1.60 bits per heavy atom. The smallest absolute Gasteiger partial charge is 0.245 e. The largest absolute Gasteiger partial charge is 0.490 e. The van der Waals surface area contributed by atoms with Gasteiger partial charge in [0, 0.05) is 50.7 Å². The summed E-state index contributed by atoms with van der Waals surface area (Å²) in [5, 5.41) is 3.45. The van der Waals surface area contributed by atoms with Crippen LogP contribution in [0.5, 0.6) is 5.75 Å². The quantitative estimate of drug-likeness (QED) is 0.0804. The summed E-state index contributed by atoms with van der Waals surface area (Å²) in [6, 6.07) is 24.0. The second kappa shape index (κ2) is 20.1. The lowest BCUT2D eigenvalue weighted by molar-refractivity contribution is 0.0393. The van der Waals surface area contributed by atoms with Crippen molar-refractivity contribution >= 4 is 40.9 Å². The fourth-order valence-electron chi connectivity index (χ4n) is 7.93. The van der Waals surface area contributed by atoms with Gasteiger partial charge in [-0.3, -0.25) is 0 Å². The average Bonchev–Trinajstić information content (AvgIpc) is 3.13. The van der Waals surface area contributed by atoms with Crippen LogP contribution in [0.25, 0.3) is 0 Å². The van der Waals surface area contributed by atoms with Crippen molar-refractivity contribution < 1.29 is 27.1 Å². The van der Waals surface area contributed by atoms with Crippen LogP contribution < -0.4 is 15.0 Å². The van der Waals surface area contributed by atoms with Gasteiger partial charge in [-0.2, -0.15) is 8.42 Å². The molecular formula is C41H59ClN2O6SSi. The lowest BCUT2D eigenvalue weighted by Gasteiger charge is -2.48. The van der Waals surface area contributed by atoms with Crippen molar-refractivity contribution in [3.8, 4) is 5.75 Å². The highest BCUT2D eigenvalue weighted by Gasteiger charge is 2.49. The van der Waals surface area contributed by atoms with E-state index in [4.69, 9.17) is 30.2 Å². The number of benzene rings is 3. The highest BCUT2D eigenvalue weighted by atomic mass is 35.5. The molecule has 5 rings (SSSR count). The summed E-state index contributed by atoms with van der Waals surface area (Å²) < 4.78 is 50.8. The van der Waals surface area contributed by atoms with Crippen molar-refractivity contribution in [2.45, 2.75) is 95.5 Å². The van der Waals surface area contributed by atoms with Gasteiger partial charge < -0.3 is 28.9 Å². The summed E-state index contributed by atoms with van der Waals surface area (Å²) in [6.45, 7) is 19.7. The molecule has 0 spiro atoms. The molecule has 1 saturated heterocycles. The number of anilines is 1. The van der Waals surface area contributed by atoms with Crippen molar-refractivity contribution in [3.63, 3.8) is 0 Å². The molecular weight excluding hydrogens is 712 g/mol. The molecule has 0 aliphatic carbocycles. The molecule has 1 fully saturated rings. The summed E-state index contributed by atoms with van der Waals surface area (Å²) in [5.41, 5.74) is 5.97. The van der Waals surface area contributed by atoms with Gasteiger partial charge in [0.2, 0.25) is 23.7 Å². The highest BCUT2D eigenvalue weighted by Crippen LogP contribution is 2.45. The molecule has 0 amide bonds. The Bertz CT molecular complexity index is 1660. The normalized spacial score (nSPS) is 18.8. The molecule has 8 nitrogen and oxygen atoms in total. The van der Waals surface area contributed by atoms with Crippen LogP contribution in [0.3, 0.4) is 0 Å². The maximum atomic E-state index is 12.9. The first-order chi connectivity index (χ1) is 24.9. The molecule has 0 saturated carbocycles. The molecule has 0 bridgehead atoms.